The molecule has 0 unspecified atom stereocenters. The van der Waals surface area contributed by atoms with Gasteiger partial charge in [-0.2, -0.15) is 13.2 Å². The van der Waals surface area contributed by atoms with Crippen LogP contribution in [0.1, 0.15) is 25.3 Å². The van der Waals surface area contributed by atoms with Crippen molar-refractivity contribution >= 4 is 5.91 Å². The van der Waals surface area contributed by atoms with Crippen molar-refractivity contribution in [2.24, 2.45) is 0 Å². The van der Waals surface area contributed by atoms with Crippen LogP contribution in [0, 0.1) is 0 Å². The van der Waals surface area contributed by atoms with Gasteiger partial charge >= 0.3 is 6.18 Å². The van der Waals surface area contributed by atoms with Crippen molar-refractivity contribution in [3.8, 4) is 0 Å². The molecule has 3 N–H and O–H groups in total. The number of carbonyl (C=O) groups excluding carboxylic acids is 1. The fourth-order valence-electron chi connectivity index (χ4n) is 1.95. The summed E-state index contributed by atoms with van der Waals surface area (Å²) in [5, 5.41) is 14.4. The molecule has 0 aliphatic heterocycles. The van der Waals surface area contributed by atoms with Crippen molar-refractivity contribution in [2.75, 3.05) is 6.54 Å². The second-order valence-electron chi connectivity index (χ2n) is 5.01. The molecule has 1 rings (SSSR count). The first-order valence-corrected chi connectivity index (χ1v) is 7.13. The van der Waals surface area contributed by atoms with Crippen molar-refractivity contribution in [3.05, 3.63) is 35.9 Å². The predicted octanol–water partition coefficient (Wildman–Crippen LogP) is 1.98. The summed E-state index contributed by atoms with van der Waals surface area (Å²) < 4.78 is 39.0. The van der Waals surface area contributed by atoms with Crippen LogP contribution >= 0.6 is 0 Å². The van der Waals surface area contributed by atoms with E-state index in [0.29, 0.717) is 12.0 Å². The predicted molar refractivity (Wildman–Crippen MR) is 77.0 cm³/mol. The number of aliphatic hydroxyl groups is 1. The van der Waals surface area contributed by atoms with E-state index in [4.69, 9.17) is 0 Å². The lowest BCUT2D eigenvalue weighted by atomic mass is 10.1. The Kier molecular flexibility index (Phi) is 7.34. The molecule has 0 aromatic heterocycles. The van der Waals surface area contributed by atoms with E-state index >= 15 is 0 Å². The van der Waals surface area contributed by atoms with Gasteiger partial charge in [0.15, 0.2) is 0 Å². The molecule has 7 heteroatoms. The molecule has 2 atom stereocenters. The van der Waals surface area contributed by atoms with Crippen LogP contribution in [0.5, 0.6) is 0 Å². The SMILES string of the molecule is CCCC(=O)NC[C@H](O)[C@@H](NCc1ccccc1)C(F)(F)F. The van der Waals surface area contributed by atoms with Crippen LogP contribution in [0.3, 0.4) is 0 Å². The van der Waals surface area contributed by atoms with Gasteiger partial charge in [0.2, 0.25) is 5.91 Å². The summed E-state index contributed by atoms with van der Waals surface area (Å²) >= 11 is 0. The number of carbonyl (C=O) groups is 1. The zero-order valence-corrected chi connectivity index (χ0v) is 12.4. The van der Waals surface area contributed by atoms with Crippen molar-refractivity contribution in [3.63, 3.8) is 0 Å². The summed E-state index contributed by atoms with van der Waals surface area (Å²) in [4.78, 5) is 11.3. The van der Waals surface area contributed by atoms with Gasteiger partial charge in [-0.1, -0.05) is 37.3 Å². The van der Waals surface area contributed by atoms with E-state index in [1.165, 1.54) is 0 Å². The molecule has 0 fully saturated rings. The van der Waals surface area contributed by atoms with E-state index in [-0.39, 0.29) is 18.9 Å². The zero-order valence-electron chi connectivity index (χ0n) is 12.4. The Bertz CT molecular complexity index is 452. The van der Waals surface area contributed by atoms with Gasteiger partial charge in [0.25, 0.3) is 0 Å². The highest BCUT2D eigenvalue weighted by atomic mass is 19.4. The minimum atomic E-state index is -4.61. The third-order valence-electron chi connectivity index (χ3n) is 3.09. The number of hydrogen-bond acceptors (Lipinski definition) is 3. The summed E-state index contributed by atoms with van der Waals surface area (Å²) in [5.41, 5.74) is 0.680. The second kappa shape index (κ2) is 8.75. The molecule has 0 aliphatic carbocycles. The lowest BCUT2D eigenvalue weighted by molar-refractivity contribution is -0.178. The fourth-order valence-corrected chi connectivity index (χ4v) is 1.95. The highest BCUT2D eigenvalue weighted by molar-refractivity contribution is 5.75. The summed E-state index contributed by atoms with van der Waals surface area (Å²) in [6.45, 7) is 1.33. The van der Waals surface area contributed by atoms with Gasteiger partial charge in [0.05, 0.1) is 6.10 Å². The average Bonchev–Trinajstić information content (AvgIpc) is 2.45. The molecule has 1 aromatic carbocycles. The van der Waals surface area contributed by atoms with Crippen LogP contribution in [-0.2, 0) is 11.3 Å². The number of benzene rings is 1. The Morgan fingerprint density at radius 3 is 2.45 bits per heavy atom. The molecule has 0 aliphatic rings. The van der Waals surface area contributed by atoms with Crippen LogP contribution in [0.15, 0.2) is 30.3 Å². The molecular formula is C15H21F3N2O2. The summed E-state index contributed by atoms with van der Waals surface area (Å²) in [7, 11) is 0. The third kappa shape index (κ3) is 6.44. The molecule has 4 nitrogen and oxygen atoms in total. The lowest BCUT2D eigenvalue weighted by Crippen LogP contribution is -2.54. The Balaban J connectivity index is 2.58. The van der Waals surface area contributed by atoms with Gasteiger partial charge < -0.3 is 10.4 Å². The molecule has 124 valence electrons. The van der Waals surface area contributed by atoms with Gasteiger partial charge in [0.1, 0.15) is 6.04 Å². The lowest BCUT2D eigenvalue weighted by Gasteiger charge is -2.26. The highest BCUT2D eigenvalue weighted by Gasteiger charge is 2.43. The smallest absolute Gasteiger partial charge is 0.389 e. The first kappa shape index (κ1) is 18.4. The number of aliphatic hydroxyl groups excluding tert-OH is 1. The Hall–Kier alpha value is -1.60. The van der Waals surface area contributed by atoms with E-state index in [2.05, 4.69) is 10.6 Å². The average molecular weight is 318 g/mol. The first-order valence-electron chi connectivity index (χ1n) is 7.13. The van der Waals surface area contributed by atoms with E-state index in [1.54, 1.807) is 37.3 Å². The minimum absolute atomic E-state index is 0.0228. The van der Waals surface area contributed by atoms with Crippen LogP contribution < -0.4 is 10.6 Å². The zero-order chi connectivity index (χ0) is 16.6. The molecular weight excluding hydrogens is 297 g/mol. The van der Waals surface area contributed by atoms with Crippen molar-refractivity contribution in [1.82, 2.24) is 10.6 Å². The number of nitrogens with one attached hydrogen (secondary N) is 2. The minimum Gasteiger partial charge on any atom is -0.389 e. The van der Waals surface area contributed by atoms with Crippen LogP contribution in [0.25, 0.3) is 0 Å². The van der Waals surface area contributed by atoms with E-state index in [9.17, 15) is 23.1 Å². The van der Waals surface area contributed by atoms with Crippen molar-refractivity contribution < 1.29 is 23.1 Å². The summed E-state index contributed by atoms with van der Waals surface area (Å²) in [6, 6.07) is 6.49. The standard InChI is InChI=1S/C15H21F3N2O2/c1-2-6-13(22)19-10-12(21)14(15(16,17)18)20-9-11-7-4-3-5-8-11/h3-5,7-8,12,14,20-21H,2,6,9-10H2,1H3,(H,19,22)/t12-,14+/m0/s1. The van der Waals surface area contributed by atoms with E-state index in [1.807, 2.05) is 0 Å². The molecule has 0 radical (unpaired) electrons. The molecule has 1 amide bonds. The van der Waals surface area contributed by atoms with Gasteiger partial charge in [-0.3, -0.25) is 10.1 Å². The molecule has 0 bridgehead atoms. The van der Waals surface area contributed by atoms with Gasteiger partial charge in [0, 0.05) is 19.5 Å². The number of alkyl halides is 3. The Labute approximate surface area is 127 Å². The molecule has 1 aromatic rings. The number of halogens is 3. The van der Waals surface area contributed by atoms with Gasteiger partial charge in [-0.05, 0) is 12.0 Å². The maximum absolute atomic E-state index is 13.0. The van der Waals surface area contributed by atoms with Crippen LogP contribution in [0.2, 0.25) is 0 Å². The van der Waals surface area contributed by atoms with Crippen molar-refractivity contribution in [2.45, 2.75) is 44.6 Å². The van der Waals surface area contributed by atoms with Crippen molar-refractivity contribution in [1.29, 1.82) is 0 Å². The van der Waals surface area contributed by atoms with Gasteiger partial charge in [-0.25, -0.2) is 0 Å². The molecule has 22 heavy (non-hydrogen) atoms. The van der Waals surface area contributed by atoms with Crippen LogP contribution in [0.4, 0.5) is 13.2 Å². The van der Waals surface area contributed by atoms with E-state index in [0.717, 1.165) is 0 Å². The second-order valence-corrected chi connectivity index (χ2v) is 5.01. The topological polar surface area (TPSA) is 61.4 Å². The summed E-state index contributed by atoms with van der Waals surface area (Å²) in [6.07, 6.45) is -5.54. The number of amides is 1. The quantitative estimate of drug-likeness (QED) is 0.687. The van der Waals surface area contributed by atoms with Gasteiger partial charge in [-0.15, -0.1) is 0 Å². The molecule has 0 heterocycles. The summed E-state index contributed by atoms with van der Waals surface area (Å²) in [5.74, 6) is -0.370. The monoisotopic (exact) mass is 318 g/mol. The normalized spacial score (nSPS) is 14.4. The maximum Gasteiger partial charge on any atom is 0.406 e. The Morgan fingerprint density at radius 2 is 1.91 bits per heavy atom. The maximum atomic E-state index is 13.0. The largest absolute Gasteiger partial charge is 0.406 e. The van der Waals surface area contributed by atoms with Crippen LogP contribution in [-0.4, -0.2) is 35.9 Å². The first-order chi connectivity index (χ1) is 10.3. The highest BCUT2D eigenvalue weighted by Crippen LogP contribution is 2.23. The number of rotatable bonds is 8. The molecule has 0 saturated heterocycles. The number of hydrogen-bond donors (Lipinski definition) is 3. The third-order valence-corrected chi connectivity index (χ3v) is 3.09. The Morgan fingerprint density at radius 1 is 1.27 bits per heavy atom. The molecule has 0 saturated carbocycles. The molecule has 0 spiro atoms. The fraction of sp³-hybridized carbons (Fsp3) is 0.533. The van der Waals surface area contributed by atoms with E-state index < -0.39 is 24.9 Å².